The van der Waals surface area contributed by atoms with Crippen molar-refractivity contribution in [2.45, 2.75) is 118 Å². The molecule has 1 aromatic heterocycles. The number of halogens is 1. The maximum Gasteiger partial charge on any atom is 0.251 e. The van der Waals surface area contributed by atoms with Crippen LogP contribution in [0.25, 0.3) is 10.4 Å². The monoisotopic (exact) mass is 979 g/mol. The Bertz CT molecular complexity index is 2530. The minimum Gasteiger partial charge on any atom is -0.489 e. The molecule has 3 fully saturated rings. The lowest BCUT2D eigenvalue weighted by molar-refractivity contribution is -0.164. The molecule has 4 N–H and O–H groups in total. The third-order valence-electron chi connectivity index (χ3n) is 14.2. The molecule has 1 saturated carbocycles. The van der Waals surface area contributed by atoms with Crippen LogP contribution in [0, 0.1) is 40.4 Å². The summed E-state index contributed by atoms with van der Waals surface area (Å²) in [5, 5.41) is 29.4. The second-order valence-electron chi connectivity index (χ2n) is 21.2. The van der Waals surface area contributed by atoms with E-state index in [0.29, 0.717) is 28.5 Å². The Morgan fingerprint density at radius 2 is 1.65 bits per heavy atom. The number of ether oxygens (including phenoxy) is 2. The third kappa shape index (κ3) is 11.4. The average Bonchev–Trinajstić information content (AvgIpc) is 3.93. The van der Waals surface area contributed by atoms with Gasteiger partial charge >= 0.3 is 0 Å². The molecule has 2 saturated heterocycles. The van der Waals surface area contributed by atoms with E-state index in [1.54, 1.807) is 29.5 Å². The van der Waals surface area contributed by atoms with Crippen LogP contribution in [0.4, 0.5) is 5.69 Å². The van der Waals surface area contributed by atoms with E-state index in [9.17, 15) is 29.5 Å². The van der Waals surface area contributed by atoms with E-state index in [1.165, 1.54) is 4.90 Å². The molecular weight excluding hydrogens is 914 g/mol. The molecule has 4 amide bonds. The van der Waals surface area contributed by atoms with E-state index in [2.05, 4.69) is 59.6 Å². The molecule has 16 heteroatoms. The van der Waals surface area contributed by atoms with Crippen molar-refractivity contribution in [1.29, 1.82) is 5.26 Å². The highest BCUT2D eigenvalue weighted by atomic mass is 35.5. The van der Waals surface area contributed by atoms with E-state index >= 15 is 0 Å². The van der Waals surface area contributed by atoms with Crippen molar-refractivity contribution in [3.63, 3.8) is 0 Å². The van der Waals surface area contributed by atoms with Crippen LogP contribution < -0.4 is 25.6 Å². The number of benzene rings is 3. The largest absolute Gasteiger partial charge is 0.489 e. The van der Waals surface area contributed by atoms with Crippen LogP contribution in [0.5, 0.6) is 5.75 Å². The summed E-state index contributed by atoms with van der Waals surface area (Å²) < 4.78 is 12.3. The topological polar surface area (TPSA) is 186 Å². The number of nitriles is 1. The van der Waals surface area contributed by atoms with Gasteiger partial charge < -0.3 is 40.3 Å². The zero-order valence-electron chi connectivity index (χ0n) is 41.1. The van der Waals surface area contributed by atoms with Crippen LogP contribution in [0.2, 0.25) is 5.02 Å². The molecular formula is C53H66ClN7O7S. The van der Waals surface area contributed by atoms with Gasteiger partial charge in [0, 0.05) is 60.2 Å². The number of nitrogens with zero attached hydrogens (tertiary/aromatic N) is 4. The first-order chi connectivity index (χ1) is 32.6. The Kier molecular flexibility index (Phi) is 15.5. The number of carbonyl (C=O) groups is 4. The molecule has 3 aromatic carbocycles. The summed E-state index contributed by atoms with van der Waals surface area (Å²) in [6.45, 7) is 19.5. The van der Waals surface area contributed by atoms with Crippen molar-refractivity contribution in [3.8, 4) is 22.3 Å². The van der Waals surface area contributed by atoms with E-state index in [4.69, 9.17) is 21.1 Å². The normalized spacial score (nSPS) is 21.9. The number of aliphatic hydroxyl groups is 1. The van der Waals surface area contributed by atoms with Gasteiger partial charge in [-0.1, -0.05) is 84.3 Å². The molecule has 3 aliphatic rings. The van der Waals surface area contributed by atoms with E-state index in [1.807, 2.05) is 88.7 Å². The number of piperidine rings is 1. The molecule has 0 spiro atoms. The zero-order valence-corrected chi connectivity index (χ0v) is 42.7. The highest BCUT2D eigenvalue weighted by Gasteiger charge is 2.64. The fourth-order valence-electron chi connectivity index (χ4n) is 10.5. The van der Waals surface area contributed by atoms with Crippen LogP contribution in [-0.4, -0.2) is 102 Å². The molecule has 7 rings (SSSR count). The number of hydrogen-bond donors (Lipinski definition) is 4. The molecule has 2 aliphatic heterocycles. The number of nitrogens with one attached hydrogen (secondary N) is 3. The van der Waals surface area contributed by atoms with Crippen molar-refractivity contribution in [1.82, 2.24) is 25.8 Å². The van der Waals surface area contributed by atoms with Gasteiger partial charge in [-0.05, 0) is 85.5 Å². The number of aryl methyl sites for hydroxylation is 1. The number of hydrogen-bond acceptors (Lipinski definition) is 11. The van der Waals surface area contributed by atoms with Crippen LogP contribution in [0.1, 0.15) is 108 Å². The molecule has 0 bridgehead atoms. The Morgan fingerprint density at radius 3 is 2.25 bits per heavy atom. The number of β-amino-alcohol motifs (C(OH)–C–C–N with tert-alkyl or cyclic N) is 1. The SMILES string of the molecule is Cc1ncsc1-c1ccc([C@H](C)NC(=O)[C@@H]2C[C@@H](O)CN2C(=O)[C@@H](NC(=O)COCC2CCN(c3ccc(C(=O)NC4C(C)(C)C(Oc5ccc(C#N)c(Cl)c5)C4(C)C)cc3)CC2)C(C)(C)C)cc1. The standard InChI is InChI=1S/C53H66ClN7O7S/c1-31(34-10-12-35(13-11-34)44-32(2)56-30-69-44)57-47(65)42-24-39(62)27-61(42)48(66)45(51(3,4)5)58-43(63)29-67-28-33-20-22-60(23-21-33)38-17-14-36(15-18-38)46(64)59-49-52(6,7)50(53(49,8)9)68-40-19-16-37(26-55)41(54)25-40/h10-19,25,30-31,33,39,42,45,49-50,62H,20-24,27-29H2,1-9H3,(H,57,65)(H,58,63)(H,59,64)/t31-,39+,42-,45+,49?,50?/m0/s1. The average molecular weight is 981 g/mol. The van der Waals surface area contributed by atoms with Gasteiger partial charge in [0.25, 0.3) is 5.91 Å². The maximum atomic E-state index is 14.2. The molecule has 368 valence electrons. The fourth-order valence-corrected chi connectivity index (χ4v) is 11.6. The Morgan fingerprint density at radius 1 is 0.986 bits per heavy atom. The molecule has 14 nitrogen and oxygen atoms in total. The number of aromatic nitrogens is 1. The number of aliphatic hydroxyl groups excluding tert-OH is 1. The maximum absolute atomic E-state index is 14.2. The van der Waals surface area contributed by atoms with Gasteiger partial charge in [0.05, 0.1) is 45.4 Å². The van der Waals surface area contributed by atoms with E-state index in [0.717, 1.165) is 53.3 Å². The second-order valence-corrected chi connectivity index (χ2v) is 22.4. The summed E-state index contributed by atoms with van der Waals surface area (Å²) in [6, 6.07) is 20.4. The van der Waals surface area contributed by atoms with Crippen molar-refractivity contribution in [3.05, 3.63) is 99.6 Å². The minimum absolute atomic E-state index is 0.0141. The van der Waals surface area contributed by atoms with Crippen LogP contribution in [0.3, 0.4) is 0 Å². The van der Waals surface area contributed by atoms with Crippen molar-refractivity contribution >= 4 is 52.3 Å². The third-order valence-corrected chi connectivity index (χ3v) is 15.5. The smallest absolute Gasteiger partial charge is 0.251 e. The Hall–Kier alpha value is -5.53. The van der Waals surface area contributed by atoms with Crippen LogP contribution >= 0.6 is 22.9 Å². The second kappa shape index (κ2) is 20.8. The van der Waals surface area contributed by atoms with E-state index in [-0.39, 0.29) is 66.3 Å². The quantitative estimate of drug-likeness (QED) is 0.0914. The number of carbonyl (C=O) groups excluding carboxylic acids is 4. The molecule has 4 aromatic rings. The number of thiazole rings is 1. The van der Waals surface area contributed by atoms with Gasteiger partial charge in [-0.3, -0.25) is 19.2 Å². The molecule has 0 unspecified atom stereocenters. The van der Waals surface area contributed by atoms with Crippen LogP contribution in [0.15, 0.2) is 72.2 Å². The zero-order chi connectivity index (χ0) is 50.0. The lowest BCUT2D eigenvalue weighted by Gasteiger charge is -2.63. The summed E-state index contributed by atoms with van der Waals surface area (Å²) in [5.74, 6) is -0.555. The lowest BCUT2D eigenvalue weighted by atomic mass is 9.49. The summed E-state index contributed by atoms with van der Waals surface area (Å²) in [5.41, 5.74) is 5.25. The lowest BCUT2D eigenvalue weighted by Crippen LogP contribution is -2.74. The Labute approximate surface area is 415 Å². The predicted molar refractivity (Wildman–Crippen MR) is 268 cm³/mol. The van der Waals surface area contributed by atoms with E-state index < -0.39 is 35.4 Å². The van der Waals surface area contributed by atoms with Gasteiger partial charge in [-0.2, -0.15) is 5.26 Å². The van der Waals surface area contributed by atoms with Gasteiger partial charge in [-0.25, -0.2) is 4.98 Å². The van der Waals surface area contributed by atoms with Gasteiger partial charge in [0.2, 0.25) is 17.7 Å². The summed E-state index contributed by atoms with van der Waals surface area (Å²) >= 11 is 7.84. The minimum atomic E-state index is -0.958. The molecule has 0 radical (unpaired) electrons. The molecule has 69 heavy (non-hydrogen) atoms. The highest BCUT2D eigenvalue weighted by Crippen LogP contribution is 2.55. The first-order valence-corrected chi connectivity index (χ1v) is 25.0. The van der Waals surface area contributed by atoms with Crippen molar-refractivity contribution in [2.75, 3.05) is 37.7 Å². The summed E-state index contributed by atoms with van der Waals surface area (Å²) in [4.78, 5) is 63.9. The first kappa shape index (κ1) is 51.3. The van der Waals surface area contributed by atoms with Gasteiger partial charge in [-0.15, -0.1) is 11.3 Å². The fraction of sp³-hybridized carbons (Fsp3) is 0.509. The molecule has 4 atom stereocenters. The molecule has 1 aliphatic carbocycles. The Balaban J connectivity index is 0.850. The van der Waals surface area contributed by atoms with Crippen LogP contribution in [-0.2, 0) is 19.1 Å². The number of anilines is 1. The number of amides is 4. The number of rotatable bonds is 15. The predicted octanol–water partition coefficient (Wildman–Crippen LogP) is 7.86. The highest BCUT2D eigenvalue weighted by molar-refractivity contribution is 7.13. The summed E-state index contributed by atoms with van der Waals surface area (Å²) in [7, 11) is 0. The molecule has 3 heterocycles. The van der Waals surface area contributed by atoms with Gasteiger partial charge in [0.1, 0.15) is 36.6 Å². The first-order valence-electron chi connectivity index (χ1n) is 23.8. The van der Waals surface area contributed by atoms with Gasteiger partial charge in [0.15, 0.2) is 0 Å². The van der Waals surface area contributed by atoms with Crippen molar-refractivity contribution < 1.29 is 33.8 Å². The summed E-state index contributed by atoms with van der Waals surface area (Å²) in [6.07, 6.45) is 0.722. The number of likely N-dealkylation sites (tertiary alicyclic amines) is 1. The van der Waals surface area contributed by atoms with Crippen molar-refractivity contribution in [2.24, 2.45) is 22.2 Å².